The van der Waals surface area contributed by atoms with Gasteiger partial charge in [-0.15, -0.1) is 11.3 Å². The molecule has 1 aromatic carbocycles. The summed E-state index contributed by atoms with van der Waals surface area (Å²) in [5.41, 5.74) is 0.552. The molecule has 6 nitrogen and oxygen atoms in total. The molecular formula is C19H19F2N5OS. The van der Waals surface area contributed by atoms with Crippen LogP contribution in [0.1, 0.15) is 15.2 Å². The maximum Gasteiger partial charge on any atom is 0.266 e. The van der Waals surface area contributed by atoms with Gasteiger partial charge in [-0.05, 0) is 31.7 Å². The molecule has 0 bridgehead atoms. The monoisotopic (exact) mass is 403 g/mol. The molecule has 9 heteroatoms. The number of anilines is 2. The maximum atomic E-state index is 13.9. The van der Waals surface area contributed by atoms with Gasteiger partial charge < -0.3 is 15.1 Å². The van der Waals surface area contributed by atoms with Gasteiger partial charge in [0, 0.05) is 32.2 Å². The number of hydrogen-bond acceptors (Lipinski definition) is 6. The lowest BCUT2D eigenvalue weighted by molar-refractivity contribution is 0.102. The second-order valence-electron chi connectivity index (χ2n) is 6.80. The number of carbonyl (C=O) groups excluding carboxylic acids is 1. The van der Waals surface area contributed by atoms with E-state index in [4.69, 9.17) is 0 Å². The Morgan fingerprint density at radius 1 is 1.18 bits per heavy atom. The topological polar surface area (TPSA) is 61.4 Å². The molecule has 4 rings (SSSR count). The number of aryl methyl sites for hydroxylation is 1. The first kappa shape index (κ1) is 18.7. The van der Waals surface area contributed by atoms with Crippen LogP contribution in [0.2, 0.25) is 0 Å². The first-order chi connectivity index (χ1) is 13.4. The molecule has 1 N–H and O–H groups in total. The number of aromatic nitrogens is 2. The number of nitrogens with zero attached hydrogens (tertiary/aromatic N) is 4. The summed E-state index contributed by atoms with van der Waals surface area (Å²) < 4.78 is 27.3. The molecule has 1 fully saturated rings. The minimum absolute atomic E-state index is 0.188. The number of nitrogens with one attached hydrogen (secondary N) is 1. The molecule has 1 amide bonds. The fourth-order valence-corrected chi connectivity index (χ4v) is 4.34. The average molecular weight is 403 g/mol. The van der Waals surface area contributed by atoms with Crippen molar-refractivity contribution in [1.29, 1.82) is 0 Å². The molecule has 0 saturated carbocycles. The van der Waals surface area contributed by atoms with Gasteiger partial charge in [-0.25, -0.2) is 18.7 Å². The van der Waals surface area contributed by atoms with E-state index in [1.54, 1.807) is 0 Å². The molecule has 0 spiro atoms. The Morgan fingerprint density at radius 3 is 2.68 bits per heavy atom. The summed E-state index contributed by atoms with van der Waals surface area (Å²) in [6.07, 6.45) is 1.50. The van der Waals surface area contributed by atoms with Crippen LogP contribution in [0.4, 0.5) is 20.3 Å². The van der Waals surface area contributed by atoms with E-state index in [1.165, 1.54) is 17.7 Å². The van der Waals surface area contributed by atoms with Gasteiger partial charge in [0.05, 0.1) is 16.0 Å². The third-order valence-corrected chi connectivity index (χ3v) is 6.09. The Morgan fingerprint density at radius 2 is 1.93 bits per heavy atom. The highest BCUT2D eigenvalue weighted by molar-refractivity contribution is 7.20. The smallest absolute Gasteiger partial charge is 0.266 e. The number of fused-ring (bicyclic) bond motifs is 1. The molecule has 146 valence electrons. The molecular weight excluding hydrogens is 384 g/mol. The largest absolute Gasteiger partial charge is 0.353 e. The molecule has 0 radical (unpaired) electrons. The zero-order valence-electron chi connectivity index (χ0n) is 15.5. The fourth-order valence-electron chi connectivity index (χ4n) is 3.30. The van der Waals surface area contributed by atoms with Gasteiger partial charge in [0.1, 0.15) is 28.6 Å². The van der Waals surface area contributed by atoms with Gasteiger partial charge in [-0.3, -0.25) is 4.79 Å². The van der Waals surface area contributed by atoms with Gasteiger partial charge in [0.15, 0.2) is 0 Å². The standard InChI is InChI=1S/C19H19F2N5OS/c1-11-15-17(26-7-5-25(2)6-8-26)22-10-23-19(15)28-16(11)18(27)24-14-9-12(20)3-4-13(14)21/h3-4,9-10H,5-8H2,1-2H3,(H,24,27). The summed E-state index contributed by atoms with van der Waals surface area (Å²) in [6.45, 7) is 5.38. The van der Waals surface area contributed by atoms with E-state index >= 15 is 0 Å². The van der Waals surface area contributed by atoms with Gasteiger partial charge in [0.25, 0.3) is 5.91 Å². The number of rotatable bonds is 3. The van der Waals surface area contributed by atoms with E-state index in [9.17, 15) is 13.6 Å². The SMILES string of the molecule is Cc1c(C(=O)Nc2cc(F)ccc2F)sc2ncnc(N3CCN(C)CC3)c12. The van der Waals surface area contributed by atoms with Crippen LogP contribution in [0, 0.1) is 18.6 Å². The first-order valence-corrected chi connectivity index (χ1v) is 9.69. The van der Waals surface area contributed by atoms with Crippen molar-refractivity contribution in [3.05, 3.63) is 46.6 Å². The highest BCUT2D eigenvalue weighted by atomic mass is 32.1. The Balaban J connectivity index is 1.69. The van der Waals surface area contributed by atoms with Crippen LogP contribution >= 0.6 is 11.3 Å². The minimum Gasteiger partial charge on any atom is -0.353 e. The molecule has 28 heavy (non-hydrogen) atoms. The highest BCUT2D eigenvalue weighted by Crippen LogP contribution is 2.35. The van der Waals surface area contributed by atoms with Crippen LogP contribution in [0.25, 0.3) is 10.2 Å². The number of carbonyl (C=O) groups is 1. The summed E-state index contributed by atoms with van der Waals surface area (Å²) in [6, 6.07) is 2.96. The van der Waals surface area contributed by atoms with Gasteiger partial charge in [0.2, 0.25) is 0 Å². The summed E-state index contributed by atoms with van der Waals surface area (Å²) in [5, 5.41) is 3.30. The van der Waals surface area contributed by atoms with E-state index < -0.39 is 17.5 Å². The summed E-state index contributed by atoms with van der Waals surface area (Å²) in [7, 11) is 2.08. The number of piperazine rings is 1. The number of thiophene rings is 1. The lowest BCUT2D eigenvalue weighted by atomic mass is 10.1. The maximum absolute atomic E-state index is 13.9. The van der Waals surface area contributed by atoms with Crippen LogP contribution in [0.3, 0.4) is 0 Å². The van der Waals surface area contributed by atoms with Crippen LogP contribution in [-0.2, 0) is 0 Å². The van der Waals surface area contributed by atoms with E-state index in [2.05, 4.69) is 32.1 Å². The van der Waals surface area contributed by atoms with Crippen molar-refractivity contribution in [2.24, 2.45) is 0 Å². The Kier molecular flexibility index (Phi) is 4.94. The summed E-state index contributed by atoms with van der Waals surface area (Å²) >= 11 is 1.22. The van der Waals surface area contributed by atoms with Crippen molar-refractivity contribution < 1.29 is 13.6 Å². The van der Waals surface area contributed by atoms with Crippen LogP contribution in [-0.4, -0.2) is 54.0 Å². The number of amides is 1. The van der Waals surface area contributed by atoms with Crippen LogP contribution < -0.4 is 10.2 Å². The van der Waals surface area contributed by atoms with Crippen molar-refractivity contribution in [3.63, 3.8) is 0 Å². The third kappa shape index (κ3) is 3.43. The van der Waals surface area contributed by atoms with E-state index in [1.807, 2.05) is 6.92 Å². The molecule has 0 unspecified atom stereocenters. The lowest BCUT2D eigenvalue weighted by Gasteiger charge is -2.33. The fraction of sp³-hybridized carbons (Fsp3) is 0.316. The summed E-state index contributed by atoms with van der Waals surface area (Å²) in [4.78, 5) is 27.1. The number of hydrogen-bond donors (Lipinski definition) is 1. The zero-order valence-corrected chi connectivity index (χ0v) is 16.3. The Bertz CT molecular complexity index is 1050. The van der Waals surface area contributed by atoms with Crippen molar-refractivity contribution in [2.75, 3.05) is 43.4 Å². The second-order valence-corrected chi connectivity index (χ2v) is 7.80. The molecule has 0 atom stereocenters. The molecule has 0 aliphatic carbocycles. The van der Waals surface area contributed by atoms with Crippen molar-refractivity contribution in [1.82, 2.24) is 14.9 Å². The predicted molar refractivity (Wildman–Crippen MR) is 106 cm³/mol. The zero-order chi connectivity index (χ0) is 19.8. The summed E-state index contributed by atoms with van der Waals surface area (Å²) in [5.74, 6) is -0.989. The van der Waals surface area contributed by atoms with Gasteiger partial charge in [-0.2, -0.15) is 0 Å². The molecule has 1 aliphatic rings. The second kappa shape index (κ2) is 7.40. The van der Waals surface area contributed by atoms with E-state index in [-0.39, 0.29) is 5.69 Å². The number of halogens is 2. The molecule has 1 aliphatic heterocycles. The minimum atomic E-state index is -0.688. The average Bonchev–Trinajstić information content (AvgIpc) is 3.02. The Labute approximate surface area is 164 Å². The van der Waals surface area contributed by atoms with Crippen molar-refractivity contribution >= 4 is 39.0 Å². The lowest BCUT2D eigenvalue weighted by Crippen LogP contribution is -2.44. The quantitative estimate of drug-likeness (QED) is 0.727. The first-order valence-electron chi connectivity index (χ1n) is 8.88. The predicted octanol–water partition coefficient (Wildman–Crippen LogP) is 3.28. The van der Waals surface area contributed by atoms with E-state index in [0.29, 0.717) is 9.71 Å². The van der Waals surface area contributed by atoms with Gasteiger partial charge in [-0.1, -0.05) is 0 Å². The van der Waals surface area contributed by atoms with E-state index in [0.717, 1.165) is 61.1 Å². The third-order valence-electron chi connectivity index (χ3n) is 4.89. The van der Waals surface area contributed by atoms with Crippen molar-refractivity contribution in [3.8, 4) is 0 Å². The number of likely N-dealkylation sites (N-methyl/N-ethyl adjacent to an activating group) is 1. The number of benzene rings is 1. The Hall–Kier alpha value is -2.65. The van der Waals surface area contributed by atoms with Gasteiger partial charge >= 0.3 is 0 Å². The molecule has 2 aromatic heterocycles. The molecule has 1 saturated heterocycles. The van der Waals surface area contributed by atoms with Crippen molar-refractivity contribution in [2.45, 2.75) is 6.92 Å². The normalized spacial score (nSPS) is 15.2. The van der Waals surface area contributed by atoms with Crippen LogP contribution in [0.15, 0.2) is 24.5 Å². The molecule has 3 heterocycles. The van der Waals surface area contributed by atoms with Crippen LogP contribution in [0.5, 0.6) is 0 Å². The molecule has 3 aromatic rings. The highest BCUT2D eigenvalue weighted by Gasteiger charge is 2.24.